The number of benzene rings is 2. The van der Waals surface area contributed by atoms with Crippen LogP contribution in [0.3, 0.4) is 0 Å². The van der Waals surface area contributed by atoms with Crippen molar-refractivity contribution in [3.05, 3.63) is 65.7 Å². The average Bonchev–Trinajstić information content (AvgIpc) is 2.97. The standard InChI is InChI=1S/C16H13N3OS/c1-11-7-9-12(10-8-11)14-17-16(21-19-14)18-15(20)13-5-3-2-4-6-13/h2-10H,1H3,(H,17,18,19,20). The lowest BCUT2D eigenvalue weighted by atomic mass is 10.1. The van der Waals surface area contributed by atoms with E-state index in [1.54, 1.807) is 12.1 Å². The Kier molecular flexibility index (Phi) is 3.75. The Morgan fingerprint density at radius 3 is 2.48 bits per heavy atom. The minimum atomic E-state index is -0.179. The zero-order valence-electron chi connectivity index (χ0n) is 11.4. The van der Waals surface area contributed by atoms with Gasteiger partial charge in [-0.1, -0.05) is 48.0 Å². The maximum atomic E-state index is 12.0. The van der Waals surface area contributed by atoms with Crippen LogP contribution in [0.4, 0.5) is 5.13 Å². The van der Waals surface area contributed by atoms with Crippen molar-refractivity contribution in [1.29, 1.82) is 0 Å². The van der Waals surface area contributed by atoms with Gasteiger partial charge < -0.3 is 0 Å². The van der Waals surface area contributed by atoms with E-state index in [0.29, 0.717) is 16.5 Å². The summed E-state index contributed by atoms with van der Waals surface area (Å²) in [5.74, 6) is 0.450. The van der Waals surface area contributed by atoms with E-state index in [4.69, 9.17) is 0 Å². The molecule has 0 saturated heterocycles. The molecule has 1 amide bonds. The first-order valence-corrected chi connectivity index (χ1v) is 7.27. The SMILES string of the molecule is Cc1ccc(-c2nsc(NC(=O)c3ccccc3)n2)cc1. The molecule has 0 radical (unpaired) electrons. The van der Waals surface area contributed by atoms with E-state index in [0.717, 1.165) is 5.56 Å². The minimum Gasteiger partial charge on any atom is -0.297 e. The van der Waals surface area contributed by atoms with Crippen LogP contribution in [0, 0.1) is 6.92 Å². The number of anilines is 1. The number of nitrogens with zero attached hydrogens (tertiary/aromatic N) is 2. The zero-order valence-corrected chi connectivity index (χ0v) is 12.2. The van der Waals surface area contributed by atoms with Crippen LogP contribution in [0.2, 0.25) is 0 Å². The smallest absolute Gasteiger partial charge is 0.257 e. The van der Waals surface area contributed by atoms with E-state index >= 15 is 0 Å². The first-order chi connectivity index (χ1) is 10.2. The van der Waals surface area contributed by atoms with Gasteiger partial charge in [-0.2, -0.15) is 9.36 Å². The number of carbonyl (C=O) groups excluding carboxylic acids is 1. The van der Waals surface area contributed by atoms with E-state index in [1.807, 2.05) is 49.4 Å². The van der Waals surface area contributed by atoms with E-state index in [2.05, 4.69) is 14.7 Å². The van der Waals surface area contributed by atoms with Gasteiger partial charge >= 0.3 is 0 Å². The predicted octanol–water partition coefficient (Wildman–Crippen LogP) is 3.77. The second-order valence-corrected chi connectivity index (χ2v) is 5.36. The molecular formula is C16H13N3OS. The van der Waals surface area contributed by atoms with Gasteiger partial charge in [-0.15, -0.1) is 0 Å². The van der Waals surface area contributed by atoms with Crippen molar-refractivity contribution in [1.82, 2.24) is 9.36 Å². The first kappa shape index (κ1) is 13.5. The van der Waals surface area contributed by atoms with Crippen LogP contribution in [-0.4, -0.2) is 15.3 Å². The van der Waals surface area contributed by atoms with E-state index in [-0.39, 0.29) is 5.91 Å². The number of nitrogens with one attached hydrogen (secondary N) is 1. The van der Waals surface area contributed by atoms with Gasteiger partial charge in [0.15, 0.2) is 5.82 Å². The molecular weight excluding hydrogens is 282 g/mol. The van der Waals surface area contributed by atoms with Crippen molar-refractivity contribution >= 4 is 22.6 Å². The molecule has 0 fully saturated rings. The van der Waals surface area contributed by atoms with Crippen LogP contribution in [0.15, 0.2) is 54.6 Å². The summed E-state index contributed by atoms with van der Waals surface area (Å²) in [6.07, 6.45) is 0. The second kappa shape index (κ2) is 5.85. The van der Waals surface area contributed by atoms with Crippen molar-refractivity contribution in [2.75, 3.05) is 5.32 Å². The molecule has 0 bridgehead atoms. The molecule has 1 heterocycles. The van der Waals surface area contributed by atoms with Crippen molar-refractivity contribution in [2.24, 2.45) is 0 Å². The maximum Gasteiger partial charge on any atom is 0.257 e. The number of rotatable bonds is 3. The van der Waals surface area contributed by atoms with Crippen molar-refractivity contribution in [3.63, 3.8) is 0 Å². The van der Waals surface area contributed by atoms with Gasteiger partial charge in [0.05, 0.1) is 0 Å². The summed E-state index contributed by atoms with van der Waals surface area (Å²) in [5.41, 5.74) is 2.73. The van der Waals surface area contributed by atoms with Gasteiger partial charge in [0, 0.05) is 22.7 Å². The predicted molar refractivity (Wildman–Crippen MR) is 84.5 cm³/mol. The average molecular weight is 295 g/mol. The Hall–Kier alpha value is -2.53. The number of amides is 1. The van der Waals surface area contributed by atoms with E-state index in [9.17, 15) is 4.79 Å². The van der Waals surface area contributed by atoms with Gasteiger partial charge in [-0.05, 0) is 19.1 Å². The minimum absolute atomic E-state index is 0.179. The van der Waals surface area contributed by atoms with Crippen LogP contribution < -0.4 is 5.32 Å². The number of carbonyl (C=O) groups is 1. The lowest BCUT2D eigenvalue weighted by Crippen LogP contribution is -2.11. The third-order valence-corrected chi connectivity index (χ3v) is 3.62. The molecule has 0 saturated carbocycles. The molecule has 21 heavy (non-hydrogen) atoms. The molecule has 0 aliphatic heterocycles. The van der Waals surface area contributed by atoms with Gasteiger partial charge in [0.25, 0.3) is 5.91 Å². The highest BCUT2D eigenvalue weighted by Gasteiger charge is 2.10. The van der Waals surface area contributed by atoms with E-state index in [1.165, 1.54) is 17.1 Å². The molecule has 0 aliphatic rings. The molecule has 1 aromatic heterocycles. The Balaban J connectivity index is 1.76. The first-order valence-electron chi connectivity index (χ1n) is 6.49. The number of aromatic nitrogens is 2. The summed E-state index contributed by atoms with van der Waals surface area (Å²) in [6, 6.07) is 17.0. The highest BCUT2D eigenvalue weighted by Crippen LogP contribution is 2.21. The summed E-state index contributed by atoms with van der Waals surface area (Å²) in [7, 11) is 0. The van der Waals surface area contributed by atoms with Crippen LogP contribution in [0.5, 0.6) is 0 Å². The molecule has 5 heteroatoms. The van der Waals surface area contributed by atoms with Gasteiger partial charge in [0.1, 0.15) is 0 Å². The molecule has 0 atom stereocenters. The van der Waals surface area contributed by atoms with Crippen LogP contribution in [0.25, 0.3) is 11.4 Å². The third kappa shape index (κ3) is 3.14. The quantitative estimate of drug-likeness (QED) is 0.800. The molecule has 3 rings (SSSR count). The molecule has 4 nitrogen and oxygen atoms in total. The van der Waals surface area contributed by atoms with Crippen LogP contribution in [0.1, 0.15) is 15.9 Å². The summed E-state index contributed by atoms with van der Waals surface area (Å²) < 4.78 is 4.28. The fraction of sp³-hybridized carbons (Fsp3) is 0.0625. The summed E-state index contributed by atoms with van der Waals surface area (Å²) >= 11 is 1.18. The molecule has 1 N–H and O–H groups in total. The van der Waals surface area contributed by atoms with Crippen LogP contribution >= 0.6 is 11.5 Å². The van der Waals surface area contributed by atoms with E-state index < -0.39 is 0 Å². The Labute approximate surface area is 126 Å². The Morgan fingerprint density at radius 1 is 1.05 bits per heavy atom. The summed E-state index contributed by atoms with van der Waals surface area (Å²) in [6.45, 7) is 2.03. The molecule has 0 unspecified atom stereocenters. The Morgan fingerprint density at radius 2 is 1.76 bits per heavy atom. The Bertz CT molecular complexity index is 751. The van der Waals surface area contributed by atoms with Crippen LogP contribution in [-0.2, 0) is 0 Å². The van der Waals surface area contributed by atoms with Crippen molar-refractivity contribution < 1.29 is 4.79 Å². The molecule has 104 valence electrons. The topological polar surface area (TPSA) is 54.9 Å². The lowest BCUT2D eigenvalue weighted by molar-refractivity contribution is 0.102. The summed E-state index contributed by atoms with van der Waals surface area (Å²) in [5, 5.41) is 3.27. The highest BCUT2D eigenvalue weighted by molar-refractivity contribution is 7.10. The van der Waals surface area contributed by atoms with Crippen molar-refractivity contribution in [2.45, 2.75) is 6.92 Å². The maximum absolute atomic E-state index is 12.0. The molecule has 3 aromatic rings. The zero-order chi connectivity index (χ0) is 14.7. The lowest BCUT2D eigenvalue weighted by Gasteiger charge is -2.00. The number of hydrogen-bond donors (Lipinski definition) is 1. The molecule has 0 aliphatic carbocycles. The monoisotopic (exact) mass is 295 g/mol. The molecule has 0 spiro atoms. The fourth-order valence-electron chi connectivity index (χ4n) is 1.85. The van der Waals surface area contributed by atoms with Gasteiger partial charge in [-0.3, -0.25) is 10.1 Å². The second-order valence-electron chi connectivity index (χ2n) is 4.61. The molecule has 2 aromatic carbocycles. The normalized spacial score (nSPS) is 10.3. The highest BCUT2D eigenvalue weighted by atomic mass is 32.1. The largest absolute Gasteiger partial charge is 0.297 e. The summed E-state index contributed by atoms with van der Waals surface area (Å²) in [4.78, 5) is 16.4. The van der Waals surface area contributed by atoms with Crippen molar-refractivity contribution in [3.8, 4) is 11.4 Å². The third-order valence-electron chi connectivity index (χ3n) is 2.99. The van der Waals surface area contributed by atoms with Gasteiger partial charge in [-0.25, -0.2) is 0 Å². The number of aryl methyl sites for hydroxylation is 1. The van der Waals surface area contributed by atoms with Gasteiger partial charge in [0.2, 0.25) is 5.13 Å². The fourth-order valence-corrected chi connectivity index (χ4v) is 2.44. The number of hydrogen-bond acceptors (Lipinski definition) is 4.